The molecule has 2 saturated carbocycles. The fraction of sp³-hybridized carbons (Fsp3) is 0.527. The summed E-state index contributed by atoms with van der Waals surface area (Å²) in [6.45, 7) is 10.4. The van der Waals surface area contributed by atoms with Gasteiger partial charge in [0, 0.05) is 0 Å². The van der Waals surface area contributed by atoms with Crippen LogP contribution in [0.4, 0.5) is 9.59 Å². The first-order chi connectivity index (χ1) is 31.6. The minimum atomic E-state index is -0.888. The molecule has 65 heavy (non-hydrogen) atoms. The first kappa shape index (κ1) is 50.9. The van der Waals surface area contributed by atoms with Gasteiger partial charge in [-0.2, -0.15) is 0 Å². The van der Waals surface area contributed by atoms with Crippen molar-refractivity contribution in [3.05, 3.63) is 108 Å². The zero-order valence-corrected chi connectivity index (χ0v) is 39.4. The molecule has 2 aliphatic carbocycles. The van der Waals surface area contributed by atoms with Crippen molar-refractivity contribution in [1.29, 1.82) is 0 Å². The third kappa shape index (κ3) is 16.4. The van der Waals surface area contributed by atoms with Gasteiger partial charge in [-0.3, -0.25) is 0 Å². The minimum absolute atomic E-state index is 0.193. The van der Waals surface area contributed by atoms with E-state index < -0.39 is 23.5 Å². The summed E-state index contributed by atoms with van der Waals surface area (Å²) in [5.74, 6) is 1.73. The molecule has 2 N–H and O–H groups in total. The van der Waals surface area contributed by atoms with Crippen molar-refractivity contribution < 1.29 is 48.2 Å². The third-order valence-corrected chi connectivity index (χ3v) is 12.6. The molecule has 0 aromatic heterocycles. The van der Waals surface area contributed by atoms with Gasteiger partial charge < -0.3 is 38.6 Å². The van der Waals surface area contributed by atoms with Crippen LogP contribution in [-0.4, -0.2) is 61.2 Å². The van der Waals surface area contributed by atoms with Gasteiger partial charge in [0.25, 0.3) is 0 Å². The molecular formula is C55H74O10. The smallest absolute Gasteiger partial charge is 0.494 e. The highest BCUT2D eigenvalue weighted by molar-refractivity contribution is 5.66. The number of ether oxygens (including phenoxy) is 6. The Kier molecular flexibility index (Phi) is 21.0. The summed E-state index contributed by atoms with van der Waals surface area (Å²) in [5.41, 5.74) is 4.45. The summed E-state index contributed by atoms with van der Waals surface area (Å²) in [7, 11) is 0. The van der Waals surface area contributed by atoms with Crippen molar-refractivity contribution in [2.75, 3.05) is 26.4 Å². The van der Waals surface area contributed by atoms with Gasteiger partial charge in [0.2, 0.25) is 0 Å². The molecule has 4 aromatic rings. The number of carbonyl (C=O) groups is 2. The minimum Gasteiger partial charge on any atom is -0.494 e. The van der Waals surface area contributed by atoms with Crippen LogP contribution < -0.4 is 9.47 Å². The van der Waals surface area contributed by atoms with Gasteiger partial charge in [0.1, 0.15) is 23.7 Å². The van der Waals surface area contributed by atoms with E-state index >= 15 is 0 Å². The van der Waals surface area contributed by atoms with Crippen LogP contribution in [0, 0.1) is 0 Å². The molecule has 10 nitrogen and oxygen atoms in total. The van der Waals surface area contributed by atoms with Crippen LogP contribution in [0.3, 0.4) is 0 Å². The van der Waals surface area contributed by atoms with Crippen LogP contribution in [0.25, 0.3) is 22.3 Å². The average Bonchev–Trinajstić information content (AvgIpc) is 3.33. The van der Waals surface area contributed by atoms with E-state index in [0.29, 0.717) is 77.8 Å². The van der Waals surface area contributed by atoms with E-state index in [1.807, 2.05) is 111 Å². The Morgan fingerprint density at radius 1 is 0.462 bits per heavy atom. The lowest BCUT2D eigenvalue weighted by molar-refractivity contribution is -0.0538. The number of carbonyl (C=O) groups excluding carboxylic acids is 2. The zero-order valence-electron chi connectivity index (χ0n) is 39.4. The lowest BCUT2D eigenvalue weighted by atomic mass is 9.78. The predicted octanol–water partition coefficient (Wildman–Crippen LogP) is 13.6. The molecule has 354 valence electrons. The molecule has 4 aromatic carbocycles. The Bertz CT molecular complexity index is 1940. The number of unbranched alkanes of at least 4 members (excludes halogenated alkanes) is 7. The van der Waals surface area contributed by atoms with Gasteiger partial charge in [0.15, 0.2) is 0 Å². The molecule has 0 spiro atoms. The molecule has 2 aliphatic rings. The molecule has 0 atom stereocenters. The predicted molar refractivity (Wildman–Crippen MR) is 256 cm³/mol. The largest absolute Gasteiger partial charge is 0.508 e. The molecule has 0 aliphatic heterocycles. The van der Waals surface area contributed by atoms with Crippen molar-refractivity contribution >= 4 is 12.3 Å². The van der Waals surface area contributed by atoms with Crippen LogP contribution in [0.1, 0.15) is 148 Å². The Labute approximate surface area is 388 Å². The number of rotatable bonds is 21. The van der Waals surface area contributed by atoms with Gasteiger partial charge >= 0.3 is 12.3 Å². The highest BCUT2D eigenvalue weighted by Crippen LogP contribution is 2.40. The monoisotopic (exact) mass is 895 g/mol. The van der Waals surface area contributed by atoms with E-state index in [-0.39, 0.29) is 12.2 Å². The highest BCUT2D eigenvalue weighted by atomic mass is 16.7. The lowest BCUT2D eigenvalue weighted by Gasteiger charge is -2.36. The van der Waals surface area contributed by atoms with E-state index in [1.54, 1.807) is 0 Å². The summed E-state index contributed by atoms with van der Waals surface area (Å²) in [6, 6.07) is 32.2. The Morgan fingerprint density at radius 3 is 1.09 bits per heavy atom. The van der Waals surface area contributed by atoms with Crippen LogP contribution >= 0.6 is 0 Å². The number of benzene rings is 4. The summed E-state index contributed by atoms with van der Waals surface area (Å²) < 4.78 is 32.3. The summed E-state index contributed by atoms with van der Waals surface area (Å²) in [5, 5.41) is 22.4. The molecule has 0 heterocycles. The maximum atomic E-state index is 11.9. The molecule has 10 heteroatoms. The second-order valence-corrected chi connectivity index (χ2v) is 17.4. The van der Waals surface area contributed by atoms with Crippen LogP contribution in [0.15, 0.2) is 97.1 Å². The van der Waals surface area contributed by atoms with Gasteiger partial charge in [-0.15, -0.1) is 0 Å². The number of aliphatic hydroxyl groups is 2. The summed E-state index contributed by atoms with van der Waals surface area (Å²) in [6.07, 6.45) is 13.0. The topological polar surface area (TPSA) is 130 Å². The zero-order chi connectivity index (χ0) is 46.3. The molecule has 0 saturated heterocycles. The maximum Gasteiger partial charge on any atom is 0.508 e. The van der Waals surface area contributed by atoms with Crippen molar-refractivity contribution in [1.82, 2.24) is 0 Å². The van der Waals surface area contributed by atoms with Crippen molar-refractivity contribution in [3.63, 3.8) is 0 Å². The van der Waals surface area contributed by atoms with E-state index in [2.05, 4.69) is 13.8 Å². The average molecular weight is 895 g/mol. The van der Waals surface area contributed by atoms with Crippen LogP contribution in [0.2, 0.25) is 0 Å². The standard InChI is InChI=1S/C28H38O5.C27H36O5/c1-3-5-6-7-8-21-32-27(29)33-26-17-19-28(30,20-18-26)24-13-9-22(10-14-24)23-11-15-25(16-12-23)31-4-2;1-3-5-6-7-20-31-26(28)32-25-16-18-27(29,19-17-25)23-12-8-21(9-13-23)22-10-14-24(15-11-22)30-4-2/h9-16,26,30H,3-8,17-21H2,1-2H3;8-15,25,29H,3-7,16-20H2,1-2H3. The fourth-order valence-electron chi connectivity index (χ4n) is 8.60. The molecule has 0 radical (unpaired) electrons. The first-order valence-electron chi connectivity index (χ1n) is 24.4. The second-order valence-electron chi connectivity index (χ2n) is 17.4. The Morgan fingerprint density at radius 2 is 0.769 bits per heavy atom. The fourth-order valence-corrected chi connectivity index (χ4v) is 8.60. The summed E-state index contributed by atoms with van der Waals surface area (Å²) in [4.78, 5) is 23.8. The van der Waals surface area contributed by atoms with Crippen molar-refractivity contribution in [2.45, 2.75) is 160 Å². The van der Waals surface area contributed by atoms with Crippen molar-refractivity contribution in [2.24, 2.45) is 0 Å². The van der Waals surface area contributed by atoms with Crippen LogP contribution in [-0.2, 0) is 30.1 Å². The van der Waals surface area contributed by atoms with Gasteiger partial charge in [-0.1, -0.05) is 132 Å². The Balaban J connectivity index is 0.000000244. The van der Waals surface area contributed by atoms with Crippen molar-refractivity contribution in [3.8, 4) is 33.8 Å². The van der Waals surface area contributed by atoms with E-state index in [0.717, 1.165) is 83.4 Å². The molecule has 6 rings (SSSR count). The molecule has 2 fully saturated rings. The number of hydrogen-bond acceptors (Lipinski definition) is 10. The maximum absolute atomic E-state index is 11.9. The molecule has 0 amide bonds. The van der Waals surface area contributed by atoms with E-state index in [1.165, 1.54) is 19.3 Å². The lowest BCUT2D eigenvalue weighted by Crippen LogP contribution is -2.35. The molecule has 0 unspecified atom stereocenters. The normalized spacial score (nSPS) is 20.4. The number of hydrogen-bond donors (Lipinski definition) is 2. The second kappa shape index (κ2) is 26.8. The summed E-state index contributed by atoms with van der Waals surface area (Å²) >= 11 is 0. The van der Waals surface area contributed by atoms with E-state index in [4.69, 9.17) is 28.4 Å². The van der Waals surface area contributed by atoms with Gasteiger partial charge in [-0.25, -0.2) is 9.59 Å². The molecule has 0 bridgehead atoms. The quantitative estimate of drug-likeness (QED) is 0.0616. The Hall–Kier alpha value is -5.06. The third-order valence-electron chi connectivity index (χ3n) is 12.6. The van der Waals surface area contributed by atoms with Crippen LogP contribution in [0.5, 0.6) is 11.5 Å². The molecular weight excluding hydrogens is 821 g/mol. The van der Waals surface area contributed by atoms with Gasteiger partial charge in [0.05, 0.1) is 37.6 Å². The van der Waals surface area contributed by atoms with Gasteiger partial charge in [-0.05, 0) is 136 Å². The SMILES string of the molecule is CCCCCCCOC(=O)OC1CCC(O)(c2ccc(-c3ccc(OCC)cc3)cc2)CC1.CCCCCCOC(=O)OC1CCC(O)(c2ccc(-c3ccc(OCC)cc3)cc2)CC1. The van der Waals surface area contributed by atoms with E-state index in [9.17, 15) is 19.8 Å². The highest BCUT2D eigenvalue weighted by Gasteiger charge is 2.37. The first-order valence-corrected chi connectivity index (χ1v) is 24.4.